The van der Waals surface area contributed by atoms with Crippen molar-refractivity contribution in [2.24, 2.45) is 10.2 Å². The molecule has 22 heavy (non-hydrogen) atoms. The number of carbonyl (C=O) groups is 1. The Hall–Kier alpha value is -2.78. The van der Waals surface area contributed by atoms with E-state index in [1.807, 2.05) is 0 Å². The molecule has 1 unspecified atom stereocenters. The quantitative estimate of drug-likeness (QED) is 0.446. The Labute approximate surface area is 127 Å². The lowest BCUT2D eigenvalue weighted by Gasteiger charge is -2.06. The largest absolute Gasteiger partial charge is 0.768 e. The van der Waals surface area contributed by atoms with Gasteiger partial charge in [0.2, 0.25) is 0 Å². The predicted molar refractivity (Wildman–Crippen MR) is 80.0 cm³/mol. The number of nitrogens with zero attached hydrogens (tertiary/aromatic N) is 2. The van der Waals surface area contributed by atoms with E-state index in [9.17, 15) is 13.6 Å². The summed E-state index contributed by atoms with van der Waals surface area (Å²) in [5.41, 5.74) is 11.7. The lowest BCUT2D eigenvalue weighted by atomic mass is 10.1. The van der Waals surface area contributed by atoms with Crippen LogP contribution in [-0.4, -0.2) is 19.8 Å². The molecule has 1 atom stereocenters. The summed E-state index contributed by atoms with van der Waals surface area (Å²) in [6.07, 6.45) is 0. The van der Waals surface area contributed by atoms with Gasteiger partial charge in [-0.1, -0.05) is 0 Å². The van der Waals surface area contributed by atoms with Gasteiger partial charge in [0.05, 0.1) is 16.9 Å². The molecule has 8 nitrogen and oxygen atoms in total. The summed E-state index contributed by atoms with van der Waals surface area (Å²) < 4.78 is 21.5. The minimum Gasteiger partial charge on any atom is -0.768 e. The van der Waals surface area contributed by atoms with E-state index in [4.69, 9.17) is 16.6 Å². The highest BCUT2D eigenvalue weighted by Crippen LogP contribution is 2.31. The van der Waals surface area contributed by atoms with Crippen molar-refractivity contribution in [2.45, 2.75) is 4.90 Å². The second-order valence-electron chi connectivity index (χ2n) is 4.24. The van der Waals surface area contributed by atoms with E-state index in [-0.39, 0.29) is 27.5 Å². The van der Waals surface area contributed by atoms with Crippen molar-refractivity contribution in [3.8, 4) is 0 Å². The maximum atomic E-state index is 11.2. The van der Waals surface area contributed by atoms with Crippen LogP contribution in [0.2, 0.25) is 0 Å². The second kappa shape index (κ2) is 6.33. The first-order valence-electron chi connectivity index (χ1n) is 5.92. The lowest BCUT2D eigenvalue weighted by Crippen LogP contribution is -2.01. The first kappa shape index (κ1) is 15.6. The topological polar surface area (TPSA) is 154 Å². The van der Waals surface area contributed by atoms with E-state index in [2.05, 4.69) is 10.2 Å². The summed E-state index contributed by atoms with van der Waals surface area (Å²) in [4.78, 5) is 11.3. The number of hydrogen-bond donors (Lipinski definition) is 3. The van der Waals surface area contributed by atoms with Gasteiger partial charge in [0.25, 0.3) is 0 Å². The number of carboxylic acid groups (broad SMARTS) is 1. The van der Waals surface area contributed by atoms with Gasteiger partial charge in [-0.05, 0) is 47.5 Å². The Morgan fingerprint density at radius 3 is 2.32 bits per heavy atom. The average Bonchev–Trinajstić information content (AvgIpc) is 2.45. The Morgan fingerprint density at radius 2 is 1.77 bits per heavy atom. The fourth-order valence-corrected chi connectivity index (χ4v) is 2.04. The minimum absolute atomic E-state index is 0.0156. The zero-order valence-electron chi connectivity index (χ0n) is 11.1. The van der Waals surface area contributed by atoms with Gasteiger partial charge in [-0.3, -0.25) is 4.21 Å². The molecule has 0 bridgehead atoms. The van der Waals surface area contributed by atoms with Crippen molar-refractivity contribution < 1.29 is 18.7 Å². The molecular formula is C13H11N4O4S-. The van der Waals surface area contributed by atoms with Crippen molar-refractivity contribution in [1.29, 1.82) is 0 Å². The van der Waals surface area contributed by atoms with Crippen LogP contribution in [0.1, 0.15) is 10.4 Å². The normalized spacial score (nSPS) is 12.4. The van der Waals surface area contributed by atoms with E-state index in [0.717, 1.165) is 0 Å². The highest BCUT2D eigenvalue weighted by atomic mass is 32.2. The third-order valence-corrected chi connectivity index (χ3v) is 3.34. The lowest BCUT2D eigenvalue weighted by molar-refractivity contribution is 0.0698. The molecule has 2 aromatic rings. The number of azo groups is 1. The van der Waals surface area contributed by atoms with Crippen molar-refractivity contribution >= 4 is 39.8 Å². The molecule has 2 rings (SSSR count). The van der Waals surface area contributed by atoms with Gasteiger partial charge in [-0.15, -0.1) is 5.11 Å². The average molecular weight is 319 g/mol. The molecule has 5 N–H and O–H groups in total. The standard InChI is InChI=1S/C13H12N4O4S/c14-7-5-10(13(18)19)12(11(15)6-7)17-16-8-1-3-9(4-2-8)22(20)21/h1-6H,14-15H2,(H,18,19)(H,20,21)/p-1. The Balaban J connectivity index is 2.37. The van der Waals surface area contributed by atoms with Gasteiger partial charge >= 0.3 is 5.97 Å². The highest BCUT2D eigenvalue weighted by Gasteiger charge is 2.14. The maximum absolute atomic E-state index is 11.2. The fraction of sp³-hybridized carbons (Fsp3) is 0. The van der Waals surface area contributed by atoms with Gasteiger partial charge in [-0.25, -0.2) is 4.79 Å². The third kappa shape index (κ3) is 3.45. The smallest absolute Gasteiger partial charge is 0.338 e. The van der Waals surface area contributed by atoms with Crippen LogP contribution in [-0.2, 0) is 11.1 Å². The van der Waals surface area contributed by atoms with Crippen LogP contribution in [0.25, 0.3) is 0 Å². The molecule has 0 heterocycles. The van der Waals surface area contributed by atoms with Gasteiger partial charge in [0.1, 0.15) is 5.69 Å². The number of nitrogens with two attached hydrogens (primary N) is 2. The van der Waals surface area contributed by atoms with Crippen LogP contribution in [0, 0.1) is 0 Å². The molecule has 114 valence electrons. The molecule has 9 heteroatoms. The van der Waals surface area contributed by atoms with Crippen LogP contribution >= 0.6 is 0 Å². The minimum atomic E-state index is -2.33. The molecule has 0 aromatic heterocycles. The monoisotopic (exact) mass is 319 g/mol. The first-order valence-corrected chi connectivity index (χ1v) is 6.99. The Bertz CT molecular complexity index is 774. The van der Waals surface area contributed by atoms with Gasteiger partial charge < -0.3 is 21.1 Å². The molecule has 0 aliphatic heterocycles. The molecular weight excluding hydrogens is 308 g/mol. The number of benzene rings is 2. The van der Waals surface area contributed by atoms with Crippen molar-refractivity contribution in [1.82, 2.24) is 0 Å². The molecule has 0 aliphatic rings. The second-order valence-corrected chi connectivity index (χ2v) is 5.18. The first-order chi connectivity index (χ1) is 10.4. The molecule has 0 radical (unpaired) electrons. The summed E-state index contributed by atoms with van der Waals surface area (Å²) in [5.74, 6) is -1.23. The van der Waals surface area contributed by atoms with Crippen LogP contribution in [0.4, 0.5) is 22.7 Å². The highest BCUT2D eigenvalue weighted by molar-refractivity contribution is 7.79. The molecule has 0 saturated carbocycles. The third-order valence-electron chi connectivity index (χ3n) is 2.69. The molecule has 0 aliphatic carbocycles. The zero-order chi connectivity index (χ0) is 16.3. The summed E-state index contributed by atoms with van der Waals surface area (Å²) >= 11 is -2.33. The summed E-state index contributed by atoms with van der Waals surface area (Å²) in [7, 11) is 0. The molecule has 2 aromatic carbocycles. The van der Waals surface area contributed by atoms with Gasteiger partial charge in [0.15, 0.2) is 0 Å². The number of carboxylic acids is 1. The fourth-order valence-electron chi connectivity index (χ4n) is 1.69. The van der Waals surface area contributed by atoms with Crippen LogP contribution in [0.15, 0.2) is 51.5 Å². The zero-order valence-corrected chi connectivity index (χ0v) is 11.9. The number of anilines is 2. The SMILES string of the molecule is Nc1cc(N)c(N=Nc2ccc(S(=O)[O-])cc2)c(C(=O)O)c1. The molecule has 0 amide bonds. The molecule has 0 fully saturated rings. The van der Waals surface area contributed by atoms with Crippen molar-refractivity contribution in [3.63, 3.8) is 0 Å². The number of aromatic carboxylic acids is 1. The number of nitrogen functional groups attached to an aromatic ring is 2. The van der Waals surface area contributed by atoms with Gasteiger partial charge in [0, 0.05) is 10.6 Å². The number of rotatable bonds is 4. The predicted octanol–water partition coefficient (Wildman–Crippen LogP) is 2.20. The molecule has 0 spiro atoms. The summed E-state index contributed by atoms with van der Waals surface area (Å²) in [6, 6.07) is 8.18. The Kier molecular flexibility index (Phi) is 4.49. The van der Waals surface area contributed by atoms with E-state index in [0.29, 0.717) is 5.69 Å². The van der Waals surface area contributed by atoms with E-state index < -0.39 is 17.0 Å². The van der Waals surface area contributed by atoms with Crippen molar-refractivity contribution in [2.75, 3.05) is 11.5 Å². The van der Waals surface area contributed by atoms with Crippen LogP contribution in [0.5, 0.6) is 0 Å². The summed E-state index contributed by atoms with van der Waals surface area (Å²) in [5, 5.41) is 16.8. The van der Waals surface area contributed by atoms with E-state index >= 15 is 0 Å². The van der Waals surface area contributed by atoms with Crippen molar-refractivity contribution in [3.05, 3.63) is 42.0 Å². The van der Waals surface area contributed by atoms with E-state index in [1.54, 1.807) is 0 Å². The number of hydrogen-bond acceptors (Lipinski definition) is 7. The van der Waals surface area contributed by atoms with Crippen LogP contribution in [0.3, 0.4) is 0 Å². The Morgan fingerprint density at radius 1 is 1.14 bits per heavy atom. The van der Waals surface area contributed by atoms with Gasteiger partial charge in [-0.2, -0.15) is 5.11 Å². The molecule has 0 saturated heterocycles. The van der Waals surface area contributed by atoms with E-state index in [1.165, 1.54) is 36.4 Å². The maximum Gasteiger partial charge on any atom is 0.338 e. The summed E-state index contributed by atoms with van der Waals surface area (Å²) in [6.45, 7) is 0. The van der Waals surface area contributed by atoms with Crippen LogP contribution < -0.4 is 11.5 Å².